The minimum Gasteiger partial charge on any atom is -0.207 e. The molecule has 1 atom stereocenters. The zero-order valence-electron chi connectivity index (χ0n) is 17.6. The molecule has 0 amide bonds. The fourth-order valence-electron chi connectivity index (χ4n) is 5.29. The number of benzene rings is 1. The largest absolute Gasteiger partial charge is 0.207 e. The Bertz CT molecular complexity index is 607. The predicted octanol–water partition coefficient (Wildman–Crippen LogP) is 8.18. The Balaban J connectivity index is 1.39. The Kier molecular flexibility index (Phi) is 7.97. The van der Waals surface area contributed by atoms with Crippen LogP contribution in [0.15, 0.2) is 29.8 Å². The van der Waals surface area contributed by atoms with Crippen molar-refractivity contribution >= 4 is 0 Å². The quantitative estimate of drug-likeness (QED) is 0.320. The Hall–Kier alpha value is -1.11. The maximum Gasteiger partial charge on any atom is 0.126 e. The van der Waals surface area contributed by atoms with Crippen LogP contribution in [-0.2, 0) is 6.42 Å². The molecule has 0 radical (unpaired) electrons. The van der Waals surface area contributed by atoms with E-state index in [4.69, 9.17) is 0 Å². The molecule has 1 fully saturated rings. The van der Waals surface area contributed by atoms with Crippen molar-refractivity contribution in [3.8, 4) is 0 Å². The van der Waals surface area contributed by atoms with Gasteiger partial charge in [0.2, 0.25) is 0 Å². The second-order valence-electron chi connectivity index (χ2n) is 9.26. The summed E-state index contributed by atoms with van der Waals surface area (Å²) in [5.41, 5.74) is 3.50. The monoisotopic (exact) mass is 370 g/mol. The Morgan fingerprint density at radius 2 is 1.78 bits per heavy atom. The van der Waals surface area contributed by atoms with Gasteiger partial charge in [-0.2, -0.15) is 0 Å². The highest BCUT2D eigenvalue weighted by Gasteiger charge is 2.28. The van der Waals surface area contributed by atoms with Crippen LogP contribution in [0.4, 0.5) is 4.39 Å². The zero-order chi connectivity index (χ0) is 19.1. The van der Waals surface area contributed by atoms with E-state index in [-0.39, 0.29) is 5.82 Å². The summed E-state index contributed by atoms with van der Waals surface area (Å²) in [5.74, 6) is 2.88. The van der Waals surface area contributed by atoms with Crippen molar-refractivity contribution in [3.05, 3.63) is 46.8 Å². The van der Waals surface area contributed by atoms with Crippen LogP contribution in [0.1, 0.15) is 95.1 Å². The van der Waals surface area contributed by atoms with Gasteiger partial charge in [-0.3, -0.25) is 0 Å². The molecule has 2 aliphatic carbocycles. The normalized spacial score (nSPS) is 26.0. The minimum atomic E-state index is -0.0597. The average molecular weight is 371 g/mol. The molecule has 1 saturated carbocycles. The van der Waals surface area contributed by atoms with Crippen LogP contribution in [-0.4, -0.2) is 0 Å². The third-order valence-corrected chi connectivity index (χ3v) is 7.29. The molecule has 1 aromatic carbocycles. The minimum absolute atomic E-state index is 0.0597. The van der Waals surface area contributed by atoms with Crippen LogP contribution in [0.3, 0.4) is 0 Å². The van der Waals surface area contributed by atoms with E-state index in [1.54, 1.807) is 11.6 Å². The van der Waals surface area contributed by atoms with E-state index in [0.29, 0.717) is 0 Å². The van der Waals surface area contributed by atoms with E-state index in [1.807, 2.05) is 13.0 Å². The summed E-state index contributed by atoms with van der Waals surface area (Å²) < 4.78 is 13.7. The van der Waals surface area contributed by atoms with E-state index in [1.165, 1.54) is 70.6 Å². The molecule has 0 heterocycles. The lowest BCUT2D eigenvalue weighted by Gasteiger charge is -2.35. The summed E-state index contributed by atoms with van der Waals surface area (Å²) in [7, 11) is 0. The molecule has 150 valence electrons. The summed E-state index contributed by atoms with van der Waals surface area (Å²) in [4.78, 5) is 0. The van der Waals surface area contributed by atoms with Gasteiger partial charge in [0.05, 0.1) is 0 Å². The van der Waals surface area contributed by atoms with Crippen molar-refractivity contribution in [1.82, 2.24) is 0 Å². The molecule has 1 heteroatoms. The number of unbranched alkanes of at least 4 members (excludes halogenated alkanes) is 2. The van der Waals surface area contributed by atoms with Crippen molar-refractivity contribution in [2.24, 2.45) is 17.8 Å². The van der Waals surface area contributed by atoms with Crippen LogP contribution in [0.5, 0.6) is 0 Å². The van der Waals surface area contributed by atoms with Gasteiger partial charge in [0.1, 0.15) is 5.82 Å². The third-order valence-electron chi connectivity index (χ3n) is 7.29. The van der Waals surface area contributed by atoms with Crippen LogP contribution in [0, 0.1) is 30.5 Å². The Labute approximate surface area is 166 Å². The first-order valence-corrected chi connectivity index (χ1v) is 11.6. The molecule has 0 saturated heterocycles. The van der Waals surface area contributed by atoms with E-state index >= 15 is 0 Å². The summed E-state index contributed by atoms with van der Waals surface area (Å²) in [6.07, 6.45) is 20.2. The van der Waals surface area contributed by atoms with E-state index in [2.05, 4.69) is 19.1 Å². The smallest absolute Gasteiger partial charge is 0.126 e. The molecule has 0 aliphatic heterocycles. The first-order chi connectivity index (χ1) is 13.2. The summed E-state index contributed by atoms with van der Waals surface area (Å²) in [6, 6.07) is 5.72. The lowest BCUT2D eigenvalue weighted by atomic mass is 9.70. The van der Waals surface area contributed by atoms with Gasteiger partial charge in [-0.05, 0) is 86.8 Å². The molecule has 0 N–H and O–H groups in total. The van der Waals surface area contributed by atoms with Crippen LogP contribution in [0.2, 0.25) is 0 Å². The lowest BCUT2D eigenvalue weighted by Crippen LogP contribution is -2.23. The molecular formula is C26H39F. The highest BCUT2D eigenvalue weighted by molar-refractivity contribution is 5.24. The first kappa shape index (κ1) is 20.6. The zero-order valence-corrected chi connectivity index (χ0v) is 17.6. The molecule has 2 aliphatic rings. The Morgan fingerprint density at radius 1 is 0.963 bits per heavy atom. The molecule has 1 unspecified atom stereocenters. The maximum absolute atomic E-state index is 13.7. The van der Waals surface area contributed by atoms with Crippen LogP contribution >= 0.6 is 0 Å². The molecule has 0 nitrogen and oxygen atoms in total. The van der Waals surface area contributed by atoms with Crippen molar-refractivity contribution in [1.29, 1.82) is 0 Å². The molecule has 1 aromatic rings. The molecule has 0 aromatic heterocycles. The lowest BCUT2D eigenvalue weighted by molar-refractivity contribution is 0.185. The molecular weight excluding hydrogens is 331 g/mol. The summed E-state index contributed by atoms with van der Waals surface area (Å²) in [5, 5.41) is 0. The standard InChI is InChI=1S/C26H39F/c1-3-4-5-6-21-11-15-24(16-12-21)25-17-13-22(14-18-25)9-10-23-8-7-20(2)26(27)19-23/h7-8,13,19,21,24-25H,3-6,9-12,14-18H2,1-2H3/t21-,24-,25?. The second-order valence-corrected chi connectivity index (χ2v) is 9.26. The van der Waals surface area contributed by atoms with Crippen LogP contribution in [0.25, 0.3) is 0 Å². The number of halogens is 1. The van der Waals surface area contributed by atoms with Gasteiger partial charge >= 0.3 is 0 Å². The SMILES string of the molecule is CCCCC[C@H]1CC[C@H](C2CC=C(CCc3ccc(C)c(F)c3)CC2)CC1. The predicted molar refractivity (Wildman–Crippen MR) is 114 cm³/mol. The van der Waals surface area contributed by atoms with Gasteiger partial charge in [-0.1, -0.05) is 69.2 Å². The van der Waals surface area contributed by atoms with Crippen molar-refractivity contribution < 1.29 is 4.39 Å². The van der Waals surface area contributed by atoms with Gasteiger partial charge in [-0.15, -0.1) is 0 Å². The first-order valence-electron chi connectivity index (χ1n) is 11.6. The van der Waals surface area contributed by atoms with Crippen molar-refractivity contribution in [2.45, 2.75) is 97.3 Å². The van der Waals surface area contributed by atoms with Crippen molar-refractivity contribution in [3.63, 3.8) is 0 Å². The van der Waals surface area contributed by atoms with E-state index < -0.39 is 0 Å². The topological polar surface area (TPSA) is 0 Å². The fraction of sp³-hybridized carbons (Fsp3) is 0.692. The van der Waals surface area contributed by atoms with Crippen molar-refractivity contribution in [2.75, 3.05) is 0 Å². The van der Waals surface area contributed by atoms with E-state index in [0.717, 1.165) is 41.7 Å². The van der Waals surface area contributed by atoms with E-state index in [9.17, 15) is 4.39 Å². The second kappa shape index (κ2) is 10.4. The van der Waals surface area contributed by atoms with Gasteiger partial charge in [-0.25, -0.2) is 4.39 Å². The summed E-state index contributed by atoms with van der Waals surface area (Å²) in [6.45, 7) is 4.14. The molecule has 3 rings (SSSR count). The number of hydrogen-bond acceptors (Lipinski definition) is 0. The number of rotatable bonds is 8. The summed E-state index contributed by atoms with van der Waals surface area (Å²) >= 11 is 0. The van der Waals surface area contributed by atoms with Gasteiger partial charge in [0.25, 0.3) is 0 Å². The van der Waals surface area contributed by atoms with Gasteiger partial charge < -0.3 is 0 Å². The van der Waals surface area contributed by atoms with Gasteiger partial charge in [0.15, 0.2) is 0 Å². The fourth-order valence-corrected chi connectivity index (χ4v) is 5.29. The average Bonchev–Trinajstić information content (AvgIpc) is 2.70. The highest BCUT2D eigenvalue weighted by Crippen LogP contribution is 2.41. The number of aryl methyl sites for hydroxylation is 2. The van der Waals surface area contributed by atoms with Crippen LogP contribution < -0.4 is 0 Å². The third kappa shape index (κ3) is 6.19. The number of hydrogen-bond donors (Lipinski definition) is 0. The number of allylic oxidation sites excluding steroid dienone is 2. The molecule has 27 heavy (non-hydrogen) atoms. The molecule has 0 bridgehead atoms. The highest BCUT2D eigenvalue weighted by atomic mass is 19.1. The van der Waals surface area contributed by atoms with Gasteiger partial charge in [0, 0.05) is 0 Å². The maximum atomic E-state index is 13.7. The Morgan fingerprint density at radius 3 is 2.44 bits per heavy atom. The molecule has 0 spiro atoms.